The Morgan fingerprint density at radius 1 is 1.50 bits per heavy atom. The summed E-state index contributed by atoms with van der Waals surface area (Å²) in [5.41, 5.74) is 0.726. The first-order chi connectivity index (χ1) is 9.44. The van der Waals surface area contributed by atoms with Gasteiger partial charge in [0.05, 0.1) is 6.33 Å². The number of alkyl carbamates (subject to hydrolysis) is 1. The van der Waals surface area contributed by atoms with E-state index in [9.17, 15) is 4.79 Å². The van der Waals surface area contributed by atoms with Gasteiger partial charge in [-0.2, -0.15) is 0 Å². The summed E-state index contributed by atoms with van der Waals surface area (Å²) in [6.45, 7) is 7.22. The standard InChI is InChI=1S/C15H25N3O2/c1-15(2,3)20-14(19)17-8-7-13-9-16-11-18(13)10-12-5-4-6-12/h9,11-12H,4-8,10H2,1-3H3,(H,17,19). The van der Waals surface area contributed by atoms with E-state index in [1.54, 1.807) is 0 Å². The predicted molar refractivity (Wildman–Crippen MR) is 77.5 cm³/mol. The van der Waals surface area contributed by atoms with Gasteiger partial charge < -0.3 is 14.6 Å². The van der Waals surface area contributed by atoms with Crippen LogP contribution < -0.4 is 5.32 Å². The van der Waals surface area contributed by atoms with E-state index < -0.39 is 5.60 Å². The monoisotopic (exact) mass is 279 g/mol. The number of ether oxygens (including phenoxy) is 1. The Balaban J connectivity index is 1.73. The number of imidazole rings is 1. The lowest BCUT2D eigenvalue weighted by Gasteiger charge is -2.26. The number of amides is 1. The highest BCUT2D eigenvalue weighted by molar-refractivity contribution is 5.67. The summed E-state index contributed by atoms with van der Waals surface area (Å²) < 4.78 is 7.41. The Morgan fingerprint density at radius 2 is 2.25 bits per heavy atom. The van der Waals surface area contributed by atoms with Crippen LogP contribution in [0.25, 0.3) is 0 Å². The van der Waals surface area contributed by atoms with E-state index in [1.807, 2.05) is 33.3 Å². The summed E-state index contributed by atoms with van der Waals surface area (Å²) in [7, 11) is 0. The predicted octanol–water partition coefficient (Wildman–Crippen LogP) is 2.75. The molecule has 0 unspecified atom stereocenters. The van der Waals surface area contributed by atoms with Crippen LogP contribution in [0, 0.1) is 5.92 Å². The van der Waals surface area contributed by atoms with Gasteiger partial charge in [0, 0.05) is 31.4 Å². The van der Waals surface area contributed by atoms with Crippen LogP contribution in [0.1, 0.15) is 45.7 Å². The molecule has 0 atom stereocenters. The first-order valence-electron chi connectivity index (χ1n) is 7.40. The first-order valence-corrected chi connectivity index (χ1v) is 7.40. The Labute approximate surface area is 120 Å². The van der Waals surface area contributed by atoms with Crippen LogP contribution in [0.2, 0.25) is 0 Å². The second kappa shape index (κ2) is 6.29. The maximum Gasteiger partial charge on any atom is 0.407 e. The molecule has 0 bridgehead atoms. The lowest BCUT2D eigenvalue weighted by molar-refractivity contribution is 0.0528. The molecule has 20 heavy (non-hydrogen) atoms. The fourth-order valence-electron chi connectivity index (χ4n) is 2.28. The molecule has 1 heterocycles. The number of nitrogens with zero attached hydrogens (tertiary/aromatic N) is 2. The Hall–Kier alpha value is -1.52. The van der Waals surface area contributed by atoms with Crippen LogP contribution in [-0.2, 0) is 17.7 Å². The maximum atomic E-state index is 11.5. The molecule has 1 fully saturated rings. The zero-order valence-electron chi connectivity index (χ0n) is 12.7. The third-order valence-electron chi connectivity index (χ3n) is 3.53. The van der Waals surface area contributed by atoms with Crippen molar-refractivity contribution >= 4 is 6.09 Å². The number of carbonyl (C=O) groups excluding carboxylic acids is 1. The zero-order valence-corrected chi connectivity index (χ0v) is 12.7. The summed E-state index contributed by atoms with van der Waals surface area (Å²) >= 11 is 0. The van der Waals surface area contributed by atoms with Crippen LogP contribution in [0.4, 0.5) is 4.79 Å². The second-order valence-corrected chi connectivity index (χ2v) is 6.51. The van der Waals surface area contributed by atoms with E-state index in [4.69, 9.17) is 4.74 Å². The van der Waals surface area contributed by atoms with E-state index in [-0.39, 0.29) is 6.09 Å². The summed E-state index contributed by atoms with van der Waals surface area (Å²) in [6.07, 6.45) is 8.21. The van der Waals surface area contributed by atoms with Crippen molar-refractivity contribution in [3.8, 4) is 0 Å². The topological polar surface area (TPSA) is 56.1 Å². The molecule has 1 saturated carbocycles. The van der Waals surface area contributed by atoms with E-state index in [2.05, 4.69) is 14.9 Å². The van der Waals surface area contributed by atoms with Crippen molar-refractivity contribution in [1.82, 2.24) is 14.9 Å². The average molecular weight is 279 g/mol. The van der Waals surface area contributed by atoms with Gasteiger partial charge in [-0.3, -0.25) is 0 Å². The Bertz CT molecular complexity index is 444. The molecule has 1 aliphatic carbocycles. The van der Waals surface area contributed by atoms with Crippen LogP contribution in [-0.4, -0.2) is 27.8 Å². The molecular weight excluding hydrogens is 254 g/mol. The largest absolute Gasteiger partial charge is 0.444 e. The van der Waals surface area contributed by atoms with Crippen LogP contribution in [0.3, 0.4) is 0 Å². The Kier molecular flexibility index (Phi) is 4.68. The minimum absolute atomic E-state index is 0.359. The molecule has 0 spiro atoms. The number of rotatable bonds is 5. The van der Waals surface area contributed by atoms with Gasteiger partial charge in [-0.05, 0) is 39.5 Å². The van der Waals surface area contributed by atoms with Gasteiger partial charge >= 0.3 is 6.09 Å². The molecule has 1 amide bonds. The third kappa shape index (κ3) is 4.54. The van der Waals surface area contributed by atoms with Crippen molar-refractivity contribution < 1.29 is 9.53 Å². The fourth-order valence-corrected chi connectivity index (χ4v) is 2.28. The molecule has 1 N–H and O–H groups in total. The zero-order chi connectivity index (χ0) is 14.6. The molecule has 1 aromatic heterocycles. The van der Waals surface area contributed by atoms with Gasteiger partial charge in [0.15, 0.2) is 0 Å². The van der Waals surface area contributed by atoms with Crippen molar-refractivity contribution in [2.45, 2.75) is 58.6 Å². The molecule has 1 aliphatic rings. The highest BCUT2D eigenvalue weighted by atomic mass is 16.6. The van der Waals surface area contributed by atoms with Gasteiger partial charge in [-0.15, -0.1) is 0 Å². The molecule has 0 aliphatic heterocycles. The number of hydrogen-bond acceptors (Lipinski definition) is 3. The molecule has 5 nitrogen and oxygen atoms in total. The molecule has 1 aromatic rings. The quantitative estimate of drug-likeness (QED) is 0.901. The highest BCUT2D eigenvalue weighted by Crippen LogP contribution is 2.28. The molecule has 0 radical (unpaired) electrons. The van der Waals surface area contributed by atoms with E-state index in [0.29, 0.717) is 6.54 Å². The third-order valence-corrected chi connectivity index (χ3v) is 3.53. The summed E-state index contributed by atoms with van der Waals surface area (Å²) in [5.74, 6) is 0.807. The van der Waals surface area contributed by atoms with Crippen molar-refractivity contribution in [2.75, 3.05) is 6.54 Å². The fraction of sp³-hybridized carbons (Fsp3) is 0.733. The maximum absolute atomic E-state index is 11.5. The first kappa shape index (κ1) is 14.9. The van der Waals surface area contributed by atoms with Crippen LogP contribution >= 0.6 is 0 Å². The lowest BCUT2D eigenvalue weighted by atomic mass is 9.85. The van der Waals surface area contributed by atoms with E-state index in [1.165, 1.54) is 25.0 Å². The number of aromatic nitrogens is 2. The number of carbonyl (C=O) groups is 1. The smallest absolute Gasteiger partial charge is 0.407 e. The molecular formula is C15H25N3O2. The van der Waals surface area contributed by atoms with Crippen LogP contribution in [0.15, 0.2) is 12.5 Å². The van der Waals surface area contributed by atoms with Crippen molar-refractivity contribution in [2.24, 2.45) is 5.92 Å². The highest BCUT2D eigenvalue weighted by Gasteiger charge is 2.19. The van der Waals surface area contributed by atoms with Gasteiger partial charge in [0.1, 0.15) is 5.60 Å². The normalized spacial score (nSPS) is 15.8. The summed E-state index contributed by atoms with van der Waals surface area (Å²) in [5, 5.41) is 2.78. The van der Waals surface area contributed by atoms with E-state index >= 15 is 0 Å². The Morgan fingerprint density at radius 3 is 2.85 bits per heavy atom. The SMILES string of the molecule is CC(C)(C)OC(=O)NCCc1cncn1CC1CCC1. The van der Waals surface area contributed by atoms with E-state index in [0.717, 1.165) is 18.9 Å². The van der Waals surface area contributed by atoms with Gasteiger partial charge in [-0.1, -0.05) is 6.42 Å². The molecule has 2 rings (SSSR count). The lowest BCUT2D eigenvalue weighted by Crippen LogP contribution is -2.33. The van der Waals surface area contributed by atoms with Crippen molar-refractivity contribution in [1.29, 1.82) is 0 Å². The van der Waals surface area contributed by atoms with Crippen molar-refractivity contribution in [3.63, 3.8) is 0 Å². The minimum Gasteiger partial charge on any atom is -0.444 e. The number of hydrogen-bond donors (Lipinski definition) is 1. The van der Waals surface area contributed by atoms with Gasteiger partial charge in [0.25, 0.3) is 0 Å². The summed E-state index contributed by atoms with van der Waals surface area (Å²) in [6, 6.07) is 0. The molecule has 0 aromatic carbocycles. The minimum atomic E-state index is -0.448. The van der Waals surface area contributed by atoms with Crippen LogP contribution in [0.5, 0.6) is 0 Å². The second-order valence-electron chi connectivity index (χ2n) is 6.51. The molecule has 5 heteroatoms. The average Bonchev–Trinajstić information content (AvgIpc) is 2.68. The number of nitrogens with one attached hydrogen (secondary N) is 1. The van der Waals surface area contributed by atoms with Crippen molar-refractivity contribution in [3.05, 3.63) is 18.2 Å². The van der Waals surface area contributed by atoms with Gasteiger partial charge in [-0.25, -0.2) is 9.78 Å². The molecule has 112 valence electrons. The summed E-state index contributed by atoms with van der Waals surface area (Å²) in [4.78, 5) is 15.8. The molecule has 0 saturated heterocycles. The van der Waals surface area contributed by atoms with Gasteiger partial charge in [0.2, 0.25) is 0 Å².